The molecule has 0 unspecified atom stereocenters. The third-order valence-corrected chi connectivity index (χ3v) is 4.81. The molecule has 0 aliphatic rings. The number of aromatic nitrogens is 2. The van der Waals surface area contributed by atoms with Crippen molar-refractivity contribution >= 4 is 5.91 Å². The number of methoxy groups -OCH3 is 2. The second-order valence-corrected chi connectivity index (χ2v) is 8.06. The van der Waals surface area contributed by atoms with E-state index >= 15 is 0 Å². The van der Waals surface area contributed by atoms with Gasteiger partial charge in [-0.2, -0.15) is 0 Å². The third kappa shape index (κ3) is 4.62. The lowest BCUT2D eigenvalue weighted by atomic mass is 9.87. The normalized spacial score (nSPS) is 11.3. The van der Waals surface area contributed by atoms with Gasteiger partial charge in [-0.1, -0.05) is 32.9 Å². The number of amides is 1. The molecule has 0 saturated carbocycles. The van der Waals surface area contributed by atoms with Crippen molar-refractivity contribution < 1.29 is 18.7 Å². The molecular weight excluding hydrogens is 382 g/mol. The molecule has 0 radical (unpaired) electrons. The molecule has 0 N–H and O–H groups in total. The summed E-state index contributed by atoms with van der Waals surface area (Å²) in [6.45, 7) is 6.69. The molecule has 7 nitrogen and oxygen atoms in total. The molecule has 30 heavy (non-hydrogen) atoms. The standard InChI is InChI=1S/C23H27N3O4/c1-23(2,3)17-10-7-15(8-11-17)21-25-24-20(30-21)14-26(4)22(27)16-9-12-18(28-5)19(13-16)29-6/h7-13H,14H2,1-6H3. The Hall–Kier alpha value is -3.35. The van der Waals surface area contributed by atoms with Crippen LogP contribution in [0.1, 0.15) is 42.6 Å². The van der Waals surface area contributed by atoms with Crippen molar-refractivity contribution in [1.29, 1.82) is 0 Å². The summed E-state index contributed by atoms with van der Waals surface area (Å²) >= 11 is 0. The lowest BCUT2D eigenvalue weighted by molar-refractivity contribution is 0.0772. The van der Waals surface area contributed by atoms with E-state index in [-0.39, 0.29) is 17.9 Å². The molecule has 0 aliphatic carbocycles. The number of carbonyl (C=O) groups excluding carboxylic acids is 1. The van der Waals surface area contributed by atoms with Gasteiger partial charge in [-0.25, -0.2) is 0 Å². The third-order valence-electron chi connectivity index (χ3n) is 4.81. The molecule has 3 aromatic rings. The zero-order valence-corrected chi connectivity index (χ0v) is 18.2. The highest BCUT2D eigenvalue weighted by atomic mass is 16.5. The van der Waals surface area contributed by atoms with Gasteiger partial charge in [0, 0.05) is 18.2 Å². The topological polar surface area (TPSA) is 77.7 Å². The molecule has 7 heteroatoms. The van der Waals surface area contributed by atoms with Crippen LogP contribution >= 0.6 is 0 Å². The van der Waals surface area contributed by atoms with E-state index in [9.17, 15) is 4.79 Å². The number of rotatable bonds is 6. The van der Waals surface area contributed by atoms with Crippen molar-refractivity contribution in [3.05, 3.63) is 59.5 Å². The van der Waals surface area contributed by atoms with E-state index in [0.717, 1.165) is 5.56 Å². The summed E-state index contributed by atoms with van der Waals surface area (Å²) in [6, 6.07) is 13.1. The Morgan fingerprint density at radius 1 is 1.00 bits per heavy atom. The Morgan fingerprint density at radius 2 is 1.67 bits per heavy atom. The van der Waals surface area contributed by atoms with Crippen molar-refractivity contribution in [3.8, 4) is 23.0 Å². The highest BCUT2D eigenvalue weighted by molar-refractivity contribution is 5.94. The van der Waals surface area contributed by atoms with Crippen LogP contribution in [0.2, 0.25) is 0 Å². The molecule has 2 aromatic carbocycles. The van der Waals surface area contributed by atoms with E-state index < -0.39 is 0 Å². The maximum Gasteiger partial charge on any atom is 0.254 e. The van der Waals surface area contributed by atoms with E-state index in [2.05, 4.69) is 43.1 Å². The van der Waals surface area contributed by atoms with Crippen molar-refractivity contribution in [2.45, 2.75) is 32.7 Å². The van der Waals surface area contributed by atoms with Crippen molar-refractivity contribution in [3.63, 3.8) is 0 Å². The van der Waals surface area contributed by atoms with Crippen molar-refractivity contribution in [2.24, 2.45) is 0 Å². The van der Waals surface area contributed by atoms with E-state index in [4.69, 9.17) is 13.9 Å². The summed E-state index contributed by atoms with van der Waals surface area (Å²) < 4.78 is 16.3. The second-order valence-electron chi connectivity index (χ2n) is 8.06. The second kappa shape index (κ2) is 8.57. The van der Waals surface area contributed by atoms with Crippen LogP contribution in [-0.4, -0.2) is 42.3 Å². The predicted molar refractivity (Wildman–Crippen MR) is 114 cm³/mol. The monoisotopic (exact) mass is 409 g/mol. The van der Waals surface area contributed by atoms with Gasteiger partial charge in [0.05, 0.1) is 20.8 Å². The Labute approximate surface area is 176 Å². The van der Waals surface area contributed by atoms with Crippen LogP contribution in [-0.2, 0) is 12.0 Å². The first-order valence-corrected chi connectivity index (χ1v) is 9.63. The molecule has 1 heterocycles. The summed E-state index contributed by atoms with van der Waals surface area (Å²) in [4.78, 5) is 14.3. The van der Waals surface area contributed by atoms with Gasteiger partial charge in [0.2, 0.25) is 11.8 Å². The van der Waals surface area contributed by atoms with Gasteiger partial charge >= 0.3 is 0 Å². The van der Waals surface area contributed by atoms with Gasteiger partial charge in [0.25, 0.3) is 5.91 Å². The number of hydrogen-bond acceptors (Lipinski definition) is 6. The number of benzene rings is 2. The van der Waals surface area contributed by atoms with Crippen LogP contribution in [0.3, 0.4) is 0 Å². The van der Waals surface area contributed by atoms with Crippen molar-refractivity contribution in [1.82, 2.24) is 15.1 Å². The maximum atomic E-state index is 12.8. The Morgan fingerprint density at radius 3 is 2.27 bits per heavy atom. The highest BCUT2D eigenvalue weighted by Crippen LogP contribution is 2.28. The largest absolute Gasteiger partial charge is 0.493 e. The zero-order valence-electron chi connectivity index (χ0n) is 18.2. The fourth-order valence-electron chi connectivity index (χ4n) is 3.01. The smallest absolute Gasteiger partial charge is 0.254 e. The zero-order chi connectivity index (χ0) is 21.9. The predicted octanol–water partition coefficient (Wildman–Crippen LogP) is 4.32. The molecule has 0 saturated heterocycles. The minimum atomic E-state index is -0.190. The summed E-state index contributed by atoms with van der Waals surface area (Å²) in [5.74, 6) is 1.66. The molecule has 0 bridgehead atoms. The van der Waals surface area contributed by atoms with Crippen molar-refractivity contribution in [2.75, 3.05) is 21.3 Å². The minimum absolute atomic E-state index is 0.0751. The molecule has 1 amide bonds. The molecular formula is C23H27N3O4. The van der Waals surface area contributed by atoms with Gasteiger partial charge in [-0.3, -0.25) is 4.79 Å². The molecule has 0 atom stereocenters. The Bertz CT molecular complexity index is 1020. The number of hydrogen-bond donors (Lipinski definition) is 0. The molecule has 1 aromatic heterocycles. The summed E-state index contributed by atoms with van der Waals surface area (Å²) in [5.41, 5.74) is 2.63. The Kier molecular flexibility index (Phi) is 6.10. The molecule has 158 valence electrons. The van der Waals surface area contributed by atoms with E-state index in [1.54, 1.807) is 32.4 Å². The first kappa shape index (κ1) is 21.4. The number of carbonyl (C=O) groups is 1. The summed E-state index contributed by atoms with van der Waals surface area (Å²) in [6.07, 6.45) is 0. The lowest BCUT2D eigenvalue weighted by Gasteiger charge is -2.18. The SMILES string of the molecule is COc1ccc(C(=O)N(C)Cc2nnc(-c3ccc(C(C)(C)C)cc3)o2)cc1OC. The van der Waals surface area contributed by atoms with Crippen LogP contribution < -0.4 is 9.47 Å². The van der Waals surface area contributed by atoms with E-state index in [1.165, 1.54) is 17.6 Å². The van der Waals surface area contributed by atoms with Gasteiger partial charge in [-0.05, 0) is 41.3 Å². The average Bonchev–Trinajstić information content (AvgIpc) is 3.20. The highest BCUT2D eigenvalue weighted by Gasteiger charge is 2.19. The minimum Gasteiger partial charge on any atom is -0.493 e. The molecule has 0 spiro atoms. The van der Waals surface area contributed by atoms with Crippen LogP contribution in [0.15, 0.2) is 46.9 Å². The first-order valence-electron chi connectivity index (χ1n) is 9.63. The van der Waals surface area contributed by atoms with E-state index in [0.29, 0.717) is 28.8 Å². The summed E-state index contributed by atoms with van der Waals surface area (Å²) in [5, 5.41) is 8.21. The van der Waals surface area contributed by atoms with Gasteiger partial charge in [0.15, 0.2) is 11.5 Å². The van der Waals surface area contributed by atoms with Gasteiger partial charge in [-0.15, -0.1) is 10.2 Å². The lowest BCUT2D eigenvalue weighted by Crippen LogP contribution is -2.26. The number of ether oxygens (including phenoxy) is 2. The van der Waals surface area contributed by atoms with Crippen LogP contribution in [0.4, 0.5) is 0 Å². The van der Waals surface area contributed by atoms with Crippen LogP contribution in [0, 0.1) is 0 Å². The molecule has 3 rings (SSSR count). The number of nitrogens with zero attached hydrogens (tertiary/aromatic N) is 3. The van der Waals surface area contributed by atoms with Gasteiger partial charge in [0.1, 0.15) is 0 Å². The maximum absolute atomic E-state index is 12.8. The van der Waals surface area contributed by atoms with Gasteiger partial charge < -0.3 is 18.8 Å². The van der Waals surface area contributed by atoms with E-state index in [1.807, 2.05) is 12.1 Å². The summed E-state index contributed by atoms with van der Waals surface area (Å²) in [7, 11) is 4.76. The fourth-order valence-corrected chi connectivity index (χ4v) is 3.01. The molecule has 0 fully saturated rings. The van der Waals surface area contributed by atoms with Crippen LogP contribution in [0.5, 0.6) is 11.5 Å². The Balaban J connectivity index is 1.71. The fraction of sp³-hybridized carbons (Fsp3) is 0.348. The molecule has 0 aliphatic heterocycles. The van der Waals surface area contributed by atoms with Crippen LogP contribution in [0.25, 0.3) is 11.5 Å². The average molecular weight is 409 g/mol. The first-order chi connectivity index (χ1) is 14.2. The quantitative estimate of drug-likeness (QED) is 0.603.